The fourth-order valence-electron chi connectivity index (χ4n) is 2.87. The maximum absolute atomic E-state index is 3.66. The van der Waals surface area contributed by atoms with Gasteiger partial charge < -0.3 is 0 Å². The van der Waals surface area contributed by atoms with Crippen LogP contribution in [0, 0.1) is 17.3 Å². The highest BCUT2D eigenvalue weighted by Gasteiger charge is 2.49. The smallest absolute Gasteiger partial charge is 0.0144 e. The molecule has 0 amide bonds. The Bertz CT molecular complexity index is 311. The highest BCUT2D eigenvalue weighted by Crippen LogP contribution is 2.59. The SMILES string of the molecule is BrC1=CC23C=CC=CC2CC1C3. The minimum Gasteiger partial charge on any atom is -0.0802 e. The van der Waals surface area contributed by atoms with E-state index in [2.05, 4.69) is 46.3 Å². The van der Waals surface area contributed by atoms with Crippen molar-refractivity contribution in [1.29, 1.82) is 0 Å². The Labute approximate surface area is 81.2 Å². The molecule has 1 spiro atoms. The van der Waals surface area contributed by atoms with E-state index < -0.39 is 0 Å². The van der Waals surface area contributed by atoms with Crippen LogP contribution in [0.15, 0.2) is 34.9 Å². The van der Waals surface area contributed by atoms with Crippen molar-refractivity contribution in [3.63, 3.8) is 0 Å². The summed E-state index contributed by atoms with van der Waals surface area (Å²) in [6.07, 6.45) is 14.2. The van der Waals surface area contributed by atoms with Crippen LogP contribution in [0.3, 0.4) is 0 Å². The molecule has 0 aromatic carbocycles. The number of fused-ring (bicyclic) bond motifs is 1. The summed E-state index contributed by atoms with van der Waals surface area (Å²) in [7, 11) is 0. The van der Waals surface area contributed by atoms with Gasteiger partial charge in [-0.15, -0.1) is 0 Å². The van der Waals surface area contributed by atoms with Crippen molar-refractivity contribution in [3.05, 3.63) is 34.9 Å². The molecule has 3 unspecified atom stereocenters. The third-order valence-electron chi connectivity index (χ3n) is 3.49. The first-order valence-electron chi connectivity index (χ1n) is 4.54. The van der Waals surface area contributed by atoms with Crippen LogP contribution in [-0.4, -0.2) is 0 Å². The predicted molar refractivity (Wildman–Crippen MR) is 53.9 cm³/mol. The molecular formula is C11H11Br. The van der Waals surface area contributed by atoms with Crippen LogP contribution < -0.4 is 0 Å². The summed E-state index contributed by atoms with van der Waals surface area (Å²) in [6, 6.07) is 0. The Morgan fingerprint density at radius 1 is 1.42 bits per heavy atom. The van der Waals surface area contributed by atoms with Crippen molar-refractivity contribution in [1.82, 2.24) is 0 Å². The molecule has 1 heteroatoms. The average Bonchev–Trinajstić information content (AvgIpc) is 2.55. The number of rotatable bonds is 0. The van der Waals surface area contributed by atoms with Crippen LogP contribution in [0.2, 0.25) is 0 Å². The molecule has 0 aromatic rings. The molecule has 0 aliphatic heterocycles. The van der Waals surface area contributed by atoms with E-state index in [0.717, 1.165) is 11.8 Å². The Hall–Kier alpha value is -0.300. The average molecular weight is 223 g/mol. The first-order chi connectivity index (χ1) is 5.80. The second-order valence-corrected chi connectivity index (χ2v) is 5.04. The van der Waals surface area contributed by atoms with Crippen molar-refractivity contribution in [2.75, 3.05) is 0 Å². The van der Waals surface area contributed by atoms with Gasteiger partial charge in [0.25, 0.3) is 0 Å². The van der Waals surface area contributed by atoms with Crippen LogP contribution in [0.25, 0.3) is 0 Å². The maximum Gasteiger partial charge on any atom is 0.0144 e. The normalized spacial score (nSPS) is 47.9. The molecule has 0 saturated heterocycles. The minimum absolute atomic E-state index is 0.401. The summed E-state index contributed by atoms with van der Waals surface area (Å²) in [5.41, 5.74) is 0.401. The van der Waals surface area contributed by atoms with Crippen LogP contribution >= 0.6 is 15.9 Å². The van der Waals surface area contributed by atoms with Gasteiger partial charge in [-0.3, -0.25) is 0 Å². The van der Waals surface area contributed by atoms with Crippen molar-refractivity contribution >= 4 is 15.9 Å². The van der Waals surface area contributed by atoms with E-state index in [1.54, 1.807) is 0 Å². The number of allylic oxidation sites excluding steroid dienone is 6. The zero-order valence-corrected chi connectivity index (χ0v) is 8.42. The Morgan fingerprint density at radius 3 is 3.17 bits per heavy atom. The summed E-state index contributed by atoms with van der Waals surface area (Å²) in [4.78, 5) is 0. The molecule has 2 bridgehead atoms. The van der Waals surface area contributed by atoms with E-state index in [4.69, 9.17) is 0 Å². The molecule has 0 heterocycles. The van der Waals surface area contributed by atoms with E-state index >= 15 is 0 Å². The summed E-state index contributed by atoms with van der Waals surface area (Å²) in [6.45, 7) is 0. The van der Waals surface area contributed by atoms with E-state index in [0.29, 0.717) is 5.41 Å². The largest absolute Gasteiger partial charge is 0.0802 e. The molecule has 0 radical (unpaired) electrons. The fraction of sp³-hybridized carbons (Fsp3) is 0.455. The van der Waals surface area contributed by atoms with E-state index in [1.807, 2.05) is 0 Å². The highest BCUT2D eigenvalue weighted by molar-refractivity contribution is 9.11. The summed E-state index contributed by atoms with van der Waals surface area (Å²) < 4.78 is 1.44. The third kappa shape index (κ3) is 0.731. The van der Waals surface area contributed by atoms with Gasteiger partial charge in [0.05, 0.1) is 0 Å². The zero-order chi connectivity index (χ0) is 8.18. The molecule has 3 atom stereocenters. The Morgan fingerprint density at radius 2 is 2.33 bits per heavy atom. The van der Waals surface area contributed by atoms with Crippen LogP contribution in [-0.2, 0) is 0 Å². The lowest BCUT2D eigenvalue weighted by Gasteiger charge is -2.29. The monoisotopic (exact) mass is 222 g/mol. The molecule has 1 fully saturated rings. The van der Waals surface area contributed by atoms with Gasteiger partial charge in [-0.25, -0.2) is 0 Å². The fourth-order valence-corrected chi connectivity index (χ4v) is 3.64. The van der Waals surface area contributed by atoms with E-state index in [1.165, 1.54) is 17.3 Å². The molecule has 3 aliphatic carbocycles. The number of hydrogen-bond acceptors (Lipinski definition) is 0. The lowest BCUT2D eigenvalue weighted by atomic mass is 9.75. The summed E-state index contributed by atoms with van der Waals surface area (Å²) in [5.74, 6) is 1.59. The van der Waals surface area contributed by atoms with Crippen molar-refractivity contribution < 1.29 is 0 Å². The van der Waals surface area contributed by atoms with Gasteiger partial charge in [0.15, 0.2) is 0 Å². The minimum atomic E-state index is 0.401. The lowest BCUT2D eigenvalue weighted by molar-refractivity contribution is 0.419. The molecular weight excluding hydrogens is 212 g/mol. The van der Waals surface area contributed by atoms with Gasteiger partial charge >= 0.3 is 0 Å². The van der Waals surface area contributed by atoms with Gasteiger partial charge in [-0.05, 0) is 29.2 Å². The van der Waals surface area contributed by atoms with Crippen LogP contribution in [0.5, 0.6) is 0 Å². The standard InChI is InChI=1S/C11H11Br/c12-10-7-11-4-2-1-3-9(11)5-8(10)6-11/h1-4,7-9H,5-6H2. The van der Waals surface area contributed by atoms with Gasteiger partial charge in [0.2, 0.25) is 0 Å². The summed E-state index contributed by atoms with van der Waals surface area (Å²) in [5, 5.41) is 0. The lowest BCUT2D eigenvalue weighted by Crippen LogP contribution is -2.20. The number of halogens is 1. The van der Waals surface area contributed by atoms with Gasteiger partial charge in [0.1, 0.15) is 0 Å². The maximum atomic E-state index is 3.66. The second kappa shape index (κ2) is 2.14. The van der Waals surface area contributed by atoms with Crippen molar-refractivity contribution in [2.24, 2.45) is 17.3 Å². The molecule has 62 valence electrons. The van der Waals surface area contributed by atoms with Gasteiger partial charge in [0, 0.05) is 5.41 Å². The molecule has 12 heavy (non-hydrogen) atoms. The predicted octanol–water partition coefficient (Wildman–Crippen LogP) is 3.42. The highest BCUT2D eigenvalue weighted by atomic mass is 79.9. The Kier molecular flexibility index (Phi) is 1.27. The topological polar surface area (TPSA) is 0 Å². The third-order valence-corrected chi connectivity index (χ3v) is 4.36. The first kappa shape index (κ1) is 7.14. The second-order valence-electron chi connectivity index (χ2n) is 4.13. The van der Waals surface area contributed by atoms with E-state index in [9.17, 15) is 0 Å². The number of hydrogen-bond donors (Lipinski definition) is 0. The molecule has 0 N–H and O–H groups in total. The van der Waals surface area contributed by atoms with Crippen LogP contribution in [0.4, 0.5) is 0 Å². The summed E-state index contributed by atoms with van der Waals surface area (Å²) >= 11 is 3.66. The molecule has 1 saturated carbocycles. The molecule has 3 rings (SSSR count). The Balaban J connectivity index is 2.12. The van der Waals surface area contributed by atoms with Gasteiger partial charge in [-0.1, -0.05) is 46.3 Å². The van der Waals surface area contributed by atoms with Crippen molar-refractivity contribution in [3.8, 4) is 0 Å². The van der Waals surface area contributed by atoms with Gasteiger partial charge in [-0.2, -0.15) is 0 Å². The molecule has 3 aliphatic rings. The zero-order valence-electron chi connectivity index (χ0n) is 6.83. The van der Waals surface area contributed by atoms with Crippen LogP contribution in [0.1, 0.15) is 12.8 Å². The quantitative estimate of drug-likeness (QED) is 0.590. The molecule has 0 nitrogen and oxygen atoms in total. The van der Waals surface area contributed by atoms with Crippen molar-refractivity contribution in [2.45, 2.75) is 12.8 Å². The molecule has 0 aromatic heterocycles. The van der Waals surface area contributed by atoms with E-state index in [-0.39, 0.29) is 0 Å². The first-order valence-corrected chi connectivity index (χ1v) is 5.34.